The number of likely N-dealkylation sites (tertiary alicyclic amines) is 1. The zero-order chi connectivity index (χ0) is 15.7. The average molecular weight is 285 g/mol. The molecular weight excluding hydrogens is 258 g/mol. The molecule has 0 aliphatic carbocycles. The standard InChI is InChI=1S/C15H27NO4/c1-10-8-11(12(17)19-14(2,3)4)16(9-10)13(18)20-15(5,6)7/h10-11H,8-9H2,1-7H3/t10-,11+/m1/s1. The van der Waals surface area contributed by atoms with E-state index in [-0.39, 0.29) is 11.9 Å². The Bertz CT molecular complexity index is 342. The Labute approximate surface area is 121 Å². The summed E-state index contributed by atoms with van der Waals surface area (Å²) in [5.74, 6) is -0.0901. The highest BCUT2D eigenvalue weighted by Crippen LogP contribution is 2.27. The van der Waals surface area contributed by atoms with Crippen LogP contribution in [0, 0.1) is 5.92 Å². The summed E-state index contributed by atoms with van der Waals surface area (Å²) >= 11 is 0. The summed E-state index contributed by atoms with van der Waals surface area (Å²) in [6, 6.07) is -0.543. The van der Waals surface area contributed by atoms with Crippen LogP contribution in [0.5, 0.6) is 0 Å². The minimum atomic E-state index is -0.568. The molecule has 0 unspecified atom stereocenters. The van der Waals surface area contributed by atoms with Crippen molar-refractivity contribution < 1.29 is 19.1 Å². The Morgan fingerprint density at radius 3 is 1.95 bits per heavy atom. The van der Waals surface area contributed by atoms with Gasteiger partial charge in [-0.25, -0.2) is 9.59 Å². The fourth-order valence-corrected chi connectivity index (χ4v) is 2.16. The maximum atomic E-state index is 12.2. The van der Waals surface area contributed by atoms with Crippen LogP contribution in [0.4, 0.5) is 4.79 Å². The third-order valence-electron chi connectivity index (χ3n) is 2.82. The Kier molecular flexibility index (Phi) is 4.72. The fourth-order valence-electron chi connectivity index (χ4n) is 2.16. The van der Waals surface area contributed by atoms with Gasteiger partial charge in [-0.2, -0.15) is 0 Å². The van der Waals surface area contributed by atoms with Crippen molar-refractivity contribution >= 4 is 12.1 Å². The molecule has 1 aliphatic heterocycles. The molecule has 0 spiro atoms. The summed E-state index contributed by atoms with van der Waals surface area (Å²) < 4.78 is 10.8. The molecule has 20 heavy (non-hydrogen) atoms. The SMILES string of the molecule is C[C@@H]1C[C@@H](C(=O)OC(C)(C)C)N(C(=O)OC(C)(C)C)C1. The van der Waals surface area contributed by atoms with E-state index in [2.05, 4.69) is 0 Å². The molecule has 1 saturated heterocycles. The van der Waals surface area contributed by atoms with Crippen molar-refractivity contribution in [2.45, 2.75) is 72.1 Å². The summed E-state index contributed by atoms with van der Waals surface area (Å²) in [6.45, 7) is 13.4. The molecule has 0 aromatic rings. The maximum Gasteiger partial charge on any atom is 0.411 e. The third kappa shape index (κ3) is 5.02. The Morgan fingerprint density at radius 1 is 1.00 bits per heavy atom. The van der Waals surface area contributed by atoms with E-state index >= 15 is 0 Å². The number of ether oxygens (including phenoxy) is 2. The maximum absolute atomic E-state index is 12.2. The number of hydrogen-bond acceptors (Lipinski definition) is 4. The number of rotatable bonds is 1. The van der Waals surface area contributed by atoms with Crippen LogP contribution < -0.4 is 0 Å². The van der Waals surface area contributed by atoms with E-state index in [4.69, 9.17) is 9.47 Å². The molecule has 0 aromatic carbocycles. The van der Waals surface area contributed by atoms with Crippen molar-refractivity contribution in [1.29, 1.82) is 0 Å². The Balaban J connectivity index is 2.78. The second-order valence-corrected chi connectivity index (χ2v) is 7.52. The van der Waals surface area contributed by atoms with Gasteiger partial charge in [0.05, 0.1) is 0 Å². The topological polar surface area (TPSA) is 55.8 Å². The summed E-state index contributed by atoms with van der Waals surface area (Å²) in [7, 11) is 0. The lowest BCUT2D eigenvalue weighted by molar-refractivity contribution is -0.160. The summed E-state index contributed by atoms with van der Waals surface area (Å²) in [6.07, 6.45) is 0.173. The van der Waals surface area contributed by atoms with Crippen LogP contribution >= 0.6 is 0 Å². The summed E-state index contributed by atoms with van der Waals surface area (Å²) in [5.41, 5.74) is -1.12. The van der Waals surface area contributed by atoms with E-state index in [9.17, 15) is 9.59 Å². The zero-order valence-corrected chi connectivity index (χ0v) is 13.6. The van der Waals surface area contributed by atoms with Gasteiger partial charge in [0.2, 0.25) is 0 Å². The number of carbonyl (C=O) groups is 2. The monoisotopic (exact) mass is 285 g/mol. The van der Waals surface area contributed by atoms with Crippen molar-refractivity contribution in [3.05, 3.63) is 0 Å². The van der Waals surface area contributed by atoms with Crippen molar-refractivity contribution in [2.75, 3.05) is 6.54 Å². The molecule has 5 nitrogen and oxygen atoms in total. The van der Waals surface area contributed by atoms with Gasteiger partial charge in [-0.1, -0.05) is 6.92 Å². The molecule has 0 radical (unpaired) electrons. The number of amides is 1. The van der Waals surface area contributed by atoms with Gasteiger partial charge in [0.25, 0.3) is 0 Å². The molecule has 2 atom stereocenters. The quantitative estimate of drug-likeness (QED) is 0.695. The molecular formula is C15H27NO4. The predicted molar refractivity (Wildman–Crippen MR) is 76.4 cm³/mol. The van der Waals surface area contributed by atoms with Crippen LogP contribution in [0.3, 0.4) is 0 Å². The van der Waals surface area contributed by atoms with Crippen LogP contribution in [0.25, 0.3) is 0 Å². The first-order valence-corrected chi connectivity index (χ1v) is 7.11. The molecule has 1 heterocycles. The molecule has 0 aromatic heterocycles. The van der Waals surface area contributed by atoms with Gasteiger partial charge in [0.1, 0.15) is 17.2 Å². The van der Waals surface area contributed by atoms with Gasteiger partial charge < -0.3 is 9.47 Å². The van der Waals surface area contributed by atoms with Crippen molar-refractivity contribution in [3.63, 3.8) is 0 Å². The normalized spacial score (nSPS) is 23.6. The first kappa shape index (κ1) is 16.8. The fraction of sp³-hybridized carbons (Fsp3) is 0.867. The van der Waals surface area contributed by atoms with E-state index < -0.39 is 23.3 Å². The minimum absolute atomic E-state index is 0.264. The molecule has 1 fully saturated rings. The first-order valence-electron chi connectivity index (χ1n) is 7.11. The molecule has 0 bridgehead atoms. The van der Waals surface area contributed by atoms with Crippen molar-refractivity contribution in [1.82, 2.24) is 4.90 Å². The highest BCUT2D eigenvalue weighted by atomic mass is 16.6. The lowest BCUT2D eigenvalue weighted by atomic mass is 10.1. The van der Waals surface area contributed by atoms with Crippen LogP contribution in [0.15, 0.2) is 0 Å². The molecule has 0 saturated carbocycles. The van der Waals surface area contributed by atoms with Gasteiger partial charge in [-0.15, -0.1) is 0 Å². The number of hydrogen-bond donors (Lipinski definition) is 0. The molecule has 1 aliphatic rings. The summed E-state index contributed by atoms with van der Waals surface area (Å²) in [5, 5.41) is 0. The number of esters is 1. The summed E-state index contributed by atoms with van der Waals surface area (Å²) in [4.78, 5) is 25.9. The van der Waals surface area contributed by atoms with E-state index in [0.717, 1.165) is 0 Å². The molecule has 0 N–H and O–H groups in total. The predicted octanol–water partition coefficient (Wildman–Crippen LogP) is 2.97. The molecule has 5 heteroatoms. The minimum Gasteiger partial charge on any atom is -0.458 e. The van der Waals surface area contributed by atoms with Gasteiger partial charge >= 0.3 is 12.1 Å². The lowest BCUT2D eigenvalue weighted by Gasteiger charge is -2.29. The van der Waals surface area contributed by atoms with Crippen molar-refractivity contribution in [3.8, 4) is 0 Å². The van der Waals surface area contributed by atoms with E-state index in [1.54, 1.807) is 0 Å². The smallest absolute Gasteiger partial charge is 0.411 e. The van der Waals surface area contributed by atoms with Crippen molar-refractivity contribution in [2.24, 2.45) is 5.92 Å². The second-order valence-electron chi connectivity index (χ2n) is 7.52. The third-order valence-corrected chi connectivity index (χ3v) is 2.82. The van der Waals surface area contributed by atoms with Gasteiger partial charge in [-0.3, -0.25) is 4.90 Å². The largest absolute Gasteiger partial charge is 0.458 e. The molecule has 1 amide bonds. The van der Waals surface area contributed by atoms with E-state index in [1.165, 1.54) is 4.90 Å². The molecule has 1 rings (SSSR count). The van der Waals surface area contributed by atoms with Gasteiger partial charge in [0.15, 0.2) is 0 Å². The zero-order valence-electron chi connectivity index (χ0n) is 13.6. The highest BCUT2D eigenvalue weighted by molar-refractivity contribution is 5.82. The number of carbonyl (C=O) groups excluding carboxylic acids is 2. The van der Waals surface area contributed by atoms with Crippen LogP contribution in [0.2, 0.25) is 0 Å². The van der Waals surface area contributed by atoms with Gasteiger partial charge in [-0.05, 0) is 53.9 Å². The van der Waals surface area contributed by atoms with Crippen LogP contribution in [0.1, 0.15) is 54.9 Å². The van der Waals surface area contributed by atoms with Gasteiger partial charge in [0, 0.05) is 6.54 Å². The van der Waals surface area contributed by atoms with E-state index in [0.29, 0.717) is 13.0 Å². The Hall–Kier alpha value is -1.26. The highest BCUT2D eigenvalue weighted by Gasteiger charge is 2.41. The first-order chi connectivity index (χ1) is 8.89. The molecule has 116 valence electrons. The van der Waals surface area contributed by atoms with E-state index in [1.807, 2.05) is 48.5 Å². The van der Waals surface area contributed by atoms with Crippen LogP contribution in [-0.2, 0) is 14.3 Å². The lowest BCUT2D eigenvalue weighted by Crippen LogP contribution is -2.45. The second kappa shape index (κ2) is 5.62. The number of nitrogens with zero attached hydrogens (tertiary/aromatic N) is 1. The Morgan fingerprint density at radius 2 is 1.50 bits per heavy atom. The van der Waals surface area contributed by atoms with Crippen LogP contribution in [-0.4, -0.2) is 40.8 Å². The average Bonchev–Trinajstić information content (AvgIpc) is 2.55.